The van der Waals surface area contributed by atoms with Gasteiger partial charge in [0, 0.05) is 0 Å². The predicted molar refractivity (Wildman–Crippen MR) is 63.4 cm³/mol. The highest BCUT2D eigenvalue weighted by atomic mass is 19.1. The number of nitrogens with zero attached hydrogens (tertiary/aromatic N) is 5. The van der Waals surface area contributed by atoms with Crippen molar-refractivity contribution in [3.8, 4) is 17.6 Å². The molecule has 1 aromatic carbocycles. The van der Waals surface area contributed by atoms with Gasteiger partial charge in [-0.2, -0.15) is 9.37 Å². The molecular formula is C12H8FN5O. The number of aromatic nitrogens is 5. The Kier molecular flexibility index (Phi) is 2.85. The van der Waals surface area contributed by atoms with Crippen molar-refractivity contribution >= 4 is 0 Å². The van der Waals surface area contributed by atoms with E-state index in [0.717, 1.165) is 18.1 Å². The van der Waals surface area contributed by atoms with Gasteiger partial charge in [0.25, 0.3) is 0 Å². The fourth-order valence-corrected chi connectivity index (χ4v) is 1.47. The molecule has 0 radical (unpaired) electrons. The molecule has 0 bridgehead atoms. The average Bonchev–Trinajstić information content (AvgIpc) is 2.88. The molecule has 0 N–H and O–H groups in total. The van der Waals surface area contributed by atoms with Crippen LogP contribution in [0, 0.1) is 5.95 Å². The second-order valence-corrected chi connectivity index (χ2v) is 3.59. The number of hydrogen-bond donors (Lipinski definition) is 0. The highest BCUT2D eigenvalue weighted by Gasteiger charge is 2.06. The summed E-state index contributed by atoms with van der Waals surface area (Å²) in [6.07, 6.45) is 2.57. The van der Waals surface area contributed by atoms with Gasteiger partial charge in [-0.3, -0.25) is 0 Å². The molecular weight excluding hydrogens is 249 g/mol. The highest BCUT2D eigenvalue weighted by Crippen LogP contribution is 2.15. The second-order valence-electron chi connectivity index (χ2n) is 3.59. The zero-order chi connectivity index (χ0) is 13.1. The van der Waals surface area contributed by atoms with E-state index in [4.69, 9.17) is 4.74 Å². The minimum Gasteiger partial charge on any atom is -0.404 e. The van der Waals surface area contributed by atoms with Crippen LogP contribution in [0.15, 0.2) is 49.1 Å². The Balaban J connectivity index is 1.82. The summed E-state index contributed by atoms with van der Waals surface area (Å²) in [5, 5.41) is 4.11. The molecule has 0 aliphatic rings. The Labute approximate surface area is 107 Å². The molecule has 7 heteroatoms. The van der Waals surface area contributed by atoms with E-state index in [0.29, 0.717) is 0 Å². The van der Waals surface area contributed by atoms with Gasteiger partial charge in [-0.25, -0.2) is 14.6 Å². The van der Waals surface area contributed by atoms with Crippen molar-refractivity contribution in [1.82, 2.24) is 24.7 Å². The normalized spacial score (nSPS) is 10.4. The van der Waals surface area contributed by atoms with Gasteiger partial charge in [0.1, 0.15) is 12.7 Å². The standard InChI is InChI=1S/C12H8FN5O/c13-10-6-11(15-7-14-10)19-12-16-8-18(17-12)9-4-2-1-3-5-9/h1-8H. The lowest BCUT2D eigenvalue weighted by molar-refractivity contribution is 0.416. The highest BCUT2D eigenvalue weighted by molar-refractivity contribution is 5.29. The third-order valence-electron chi connectivity index (χ3n) is 2.30. The Morgan fingerprint density at radius 2 is 1.89 bits per heavy atom. The largest absolute Gasteiger partial charge is 0.404 e. The Morgan fingerprint density at radius 1 is 1.05 bits per heavy atom. The van der Waals surface area contributed by atoms with E-state index >= 15 is 0 Å². The van der Waals surface area contributed by atoms with Gasteiger partial charge in [0.05, 0.1) is 11.8 Å². The number of para-hydroxylation sites is 1. The predicted octanol–water partition coefficient (Wildman–Crippen LogP) is 1.99. The zero-order valence-corrected chi connectivity index (χ0v) is 9.64. The third kappa shape index (κ3) is 2.54. The Bertz CT molecular complexity index is 685. The van der Waals surface area contributed by atoms with E-state index in [1.165, 1.54) is 6.33 Å². The van der Waals surface area contributed by atoms with Crippen LogP contribution in [0.5, 0.6) is 11.9 Å². The third-order valence-corrected chi connectivity index (χ3v) is 2.30. The molecule has 0 aliphatic carbocycles. The van der Waals surface area contributed by atoms with Crippen LogP contribution < -0.4 is 4.74 Å². The SMILES string of the molecule is Fc1cc(Oc2ncn(-c3ccccc3)n2)ncn1. The van der Waals surface area contributed by atoms with Crippen LogP contribution in [0.1, 0.15) is 0 Å². The number of benzene rings is 1. The molecule has 19 heavy (non-hydrogen) atoms. The van der Waals surface area contributed by atoms with Gasteiger partial charge >= 0.3 is 6.01 Å². The topological polar surface area (TPSA) is 65.7 Å². The van der Waals surface area contributed by atoms with Crippen LogP contribution in [-0.4, -0.2) is 24.7 Å². The average molecular weight is 257 g/mol. The molecule has 0 saturated heterocycles. The van der Waals surface area contributed by atoms with Gasteiger partial charge in [0.2, 0.25) is 11.8 Å². The first-order chi connectivity index (χ1) is 9.31. The maximum Gasteiger partial charge on any atom is 0.342 e. The molecule has 94 valence electrons. The fraction of sp³-hybridized carbons (Fsp3) is 0. The molecule has 0 fully saturated rings. The van der Waals surface area contributed by atoms with Gasteiger partial charge in [0.15, 0.2) is 0 Å². The molecule has 0 atom stereocenters. The van der Waals surface area contributed by atoms with E-state index in [9.17, 15) is 4.39 Å². The van der Waals surface area contributed by atoms with Crippen LogP contribution in [0.4, 0.5) is 4.39 Å². The Hall–Kier alpha value is -2.83. The number of halogens is 1. The molecule has 2 aromatic heterocycles. The first-order valence-corrected chi connectivity index (χ1v) is 5.44. The summed E-state index contributed by atoms with van der Waals surface area (Å²) in [7, 11) is 0. The second kappa shape index (κ2) is 4.81. The monoisotopic (exact) mass is 257 g/mol. The molecule has 3 aromatic rings. The molecule has 0 amide bonds. The van der Waals surface area contributed by atoms with Crippen molar-refractivity contribution in [3.63, 3.8) is 0 Å². The number of rotatable bonds is 3. The number of ether oxygens (including phenoxy) is 1. The van der Waals surface area contributed by atoms with Crippen molar-refractivity contribution in [1.29, 1.82) is 0 Å². The minimum absolute atomic E-state index is 0.0540. The molecule has 0 aliphatic heterocycles. The number of hydrogen-bond acceptors (Lipinski definition) is 5. The van der Waals surface area contributed by atoms with Crippen molar-refractivity contribution in [2.75, 3.05) is 0 Å². The minimum atomic E-state index is -0.674. The summed E-state index contributed by atoms with van der Waals surface area (Å²) in [5.74, 6) is -0.620. The zero-order valence-electron chi connectivity index (χ0n) is 9.64. The maximum atomic E-state index is 12.9. The maximum absolute atomic E-state index is 12.9. The van der Waals surface area contributed by atoms with Crippen LogP contribution >= 0.6 is 0 Å². The lowest BCUT2D eigenvalue weighted by atomic mass is 10.3. The summed E-state index contributed by atoms with van der Waals surface area (Å²) in [4.78, 5) is 11.0. The molecule has 2 heterocycles. The molecule has 0 saturated carbocycles. The van der Waals surface area contributed by atoms with Gasteiger partial charge in [-0.15, -0.1) is 5.10 Å². The van der Waals surface area contributed by atoms with Crippen molar-refractivity contribution < 1.29 is 9.13 Å². The van der Waals surface area contributed by atoms with Crippen LogP contribution in [0.2, 0.25) is 0 Å². The first-order valence-electron chi connectivity index (χ1n) is 5.44. The van der Waals surface area contributed by atoms with Crippen LogP contribution in [0.25, 0.3) is 5.69 Å². The molecule has 6 nitrogen and oxygen atoms in total. The summed E-state index contributed by atoms with van der Waals surface area (Å²) in [5.41, 5.74) is 0.846. The van der Waals surface area contributed by atoms with Crippen molar-refractivity contribution in [2.45, 2.75) is 0 Å². The van der Waals surface area contributed by atoms with Gasteiger partial charge < -0.3 is 4.74 Å². The van der Waals surface area contributed by atoms with Crippen molar-refractivity contribution in [3.05, 3.63) is 55.0 Å². The van der Waals surface area contributed by atoms with E-state index in [2.05, 4.69) is 20.1 Å². The smallest absolute Gasteiger partial charge is 0.342 e. The lowest BCUT2D eigenvalue weighted by Crippen LogP contribution is -1.96. The summed E-state index contributed by atoms with van der Waals surface area (Å²) in [6, 6.07) is 10.6. The summed E-state index contributed by atoms with van der Waals surface area (Å²) >= 11 is 0. The quantitative estimate of drug-likeness (QED) is 0.671. The van der Waals surface area contributed by atoms with Crippen molar-refractivity contribution in [2.24, 2.45) is 0 Å². The summed E-state index contributed by atoms with van der Waals surface area (Å²) in [6.45, 7) is 0. The molecule has 0 spiro atoms. The van der Waals surface area contributed by atoms with E-state index < -0.39 is 5.95 Å². The van der Waals surface area contributed by atoms with Crippen LogP contribution in [0.3, 0.4) is 0 Å². The van der Waals surface area contributed by atoms with E-state index in [1.54, 1.807) is 4.68 Å². The molecule has 3 rings (SSSR count). The fourth-order valence-electron chi connectivity index (χ4n) is 1.47. The first kappa shape index (κ1) is 11.3. The van der Waals surface area contributed by atoms with E-state index in [1.807, 2.05) is 30.3 Å². The lowest BCUT2D eigenvalue weighted by Gasteiger charge is -1.99. The van der Waals surface area contributed by atoms with Gasteiger partial charge in [-0.05, 0) is 12.1 Å². The molecule has 0 unspecified atom stereocenters. The summed E-state index contributed by atoms with van der Waals surface area (Å²) < 4.78 is 19.6. The van der Waals surface area contributed by atoms with Gasteiger partial charge in [-0.1, -0.05) is 18.2 Å². The van der Waals surface area contributed by atoms with E-state index in [-0.39, 0.29) is 11.9 Å². The van der Waals surface area contributed by atoms with Crippen LogP contribution in [-0.2, 0) is 0 Å². The Morgan fingerprint density at radius 3 is 2.68 bits per heavy atom.